The molecule has 3 aromatic heterocycles. The van der Waals surface area contributed by atoms with Crippen LogP contribution < -0.4 is 10.2 Å². The van der Waals surface area contributed by atoms with Gasteiger partial charge in [0.1, 0.15) is 12.7 Å². The van der Waals surface area contributed by atoms with Gasteiger partial charge < -0.3 is 10.2 Å². The number of piperidine rings is 1. The summed E-state index contributed by atoms with van der Waals surface area (Å²) in [5, 5.41) is 19.5. The van der Waals surface area contributed by atoms with Crippen LogP contribution in [0.15, 0.2) is 37.2 Å². The third kappa shape index (κ3) is 3.39. The number of carbonyl (C=O) groups is 1. The molecule has 4 heterocycles. The minimum atomic E-state index is -0.0965. The highest BCUT2D eigenvalue weighted by atomic mass is 16.1. The molecule has 1 atom stereocenters. The lowest BCUT2D eigenvalue weighted by Crippen LogP contribution is -2.41. The first-order valence-corrected chi connectivity index (χ1v) is 8.42. The van der Waals surface area contributed by atoms with Gasteiger partial charge in [-0.05, 0) is 25.0 Å². The number of anilines is 2. The molecule has 1 amide bonds. The second-order valence-electron chi connectivity index (χ2n) is 6.27. The van der Waals surface area contributed by atoms with Gasteiger partial charge in [-0.25, -0.2) is 9.67 Å². The van der Waals surface area contributed by atoms with Crippen molar-refractivity contribution in [1.82, 2.24) is 34.7 Å². The zero-order chi connectivity index (χ0) is 17.9. The van der Waals surface area contributed by atoms with Crippen molar-refractivity contribution in [3.8, 4) is 5.82 Å². The molecule has 134 valence electrons. The summed E-state index contributed by atoms with van der Waals surface area (Å²) in [5.41, 5.74) is 0.714. The van der Waals surface area contributed by atoms with Crippen LogP contribution in [0.2, 0.25) is 0 Å². The number of rotatable bonds is 4. The Hall–Kier alpha value is -3.30. The van der Waals surface area contributed by atoms with E-state index in [0.717, 1.165) is 25.2 Å². The van der Waals surface area contributed by atoms with E-state index in [1.807, 2.05) is 19.2 Å². The quantitative estimate of drug-likeness (QED) is 0.734. The molecule has 0 spiro atoms. The Morgan fingerprint density at radius 3 is 2.77 bits per heavy atom. The largest absolute Gasteiger partial charge is 0.354 e. The lowest BCUT2D eigenvalue weighted by molar-refractivity contribution is -0.120. The highest BCUT2D eigenvalue weighted by Crippen LogP contribution is 2.22. The maximum absolute atomic E-state index is 12.5. The second-order valence-corrected chi connectivity index (χ2v) is 6.27. The summed E-state index contributed by atoms with van der Waals surface area (Å²) in [6.45, 7) is 1.47. The zero-order valence-corrected chi connectivity index (χ0v) is 14.4. The van der Waals surface area contributed by atoms with Crippen LogP contribution in [-0.2, 0) is 11.8 Å². The van der Waals surface area contributed by atoms with E-state index in [1.165, 1.54) is 6.33 Å². The van der Waals surface area contributed by atoms with E-state index in [-0.39, 0.29) is 11.8 Å². The van der Waals surface area contributed by atoms with Crippen molar-refractivity contribution in [2.75, 3.05) is 23.3 Å². The maximum atomic E-state index is 12.5. The molecule has 1 unspecified atom stereocenters. The predicted octanol–water partition coefficient (Wildman–Crippen LogP) is 0.646. The third-order valence-electron chi connectivity index (χ3n) is 4.38. The first-order chi connectivity index (χ1) is 12.7. The van der Waals surface area contributed by atoms with Crippen LogP contribution in [0.4, 0.5) is 11.5 Å². The molecule has 1 saturated heterocycles. The molecule has 26 heavy (non-hydrogen) atoms. The fraction of sp³-hybridized carbons (Fsp3) is 0.375. The van der Waals surface area contributed by atoms with Crippen molar-refractivity contribution < 1.29 is 4.79 Å². The predicted molar refractivity (Wildman–Crippen MR) is 93.7 cm³/mol. The number of hydrogen-bond donors (Lipinski definition) is 1. The summed E-state index contributed by atoms with van der Waals surface area (Å²) >= 11 is 0. The van der Waals surface area contributed by atoms with Crippen LogP contribution in [0.5, 0.6) is 0 Å². The van der Waals surface area contributed by atoms with Crippen LogP contribution in [0.1, 0.15) is 12.8 Å². The van der Waals surface area contributed by atoms with Crippen molar-refractivity contribution in [2.24, 2.45) is 13.0 Å². The average Bonchev–Trinajstić information content (AvgIpc) is 3.34. The van der Waals surface area contributed by atoms with Gasteiger partial charge in [-0.2, -0.15) is 10.2 Å². The first-order valence-electron chi connectivity index (χ1n) is 8.42. The van der Waals surface area contributed by atoms with Gasteiger partial charge >= 0.3 is 0 Å². The van der Waals surface area contributed by atoms with E-state index in [9.17, 15) is 4.79 Å². The molecule has 10 heteroatoms. The summed E-state index contributed by atoms with van der Waals surface area (Å²) in [7, 11) is 1.82. The molecule has 0 aromatic carbocycles. The fourth-order valence-electron chi connectivity index (χ4n) is 3.06. The number of aromatic nitrogens is 7. The summed E-state index contributed by atoms with van der Waals surface area (Å²) < 4.78 is 3.21. The summed E-state index contributed by atoms with van der Waals surface area (Å²) in [6.07, 6.45) is 8.24. The van der Waals surface area contributed by atoms with Crippen molar-refractivity contribution in [1.29, 1.82) is 0 Å². The van der Waals surface area contributed by atoms with E-state index in [2.05, 4.69) is 35.6 Å². The van der Waals surface area contributed by atoms with E-state index < -0.39 is 0 Å². The number of nitrogens with zero attached hydrogens (tertiary/aromatic N) is 8. The second kappa shape index (κ2) is 6.90. The summed E-state index contributed by atoms with van der Waals surface area (Å²) in [4.78, 5) is 18.5. The number of amides is 1. The highest BCUT2D eigenvalue weighted by molar-refractivity contribution is 5.92. The van der Waals surface area contributed by atoms with Crippen LogP contribution in [0.25, 0.3) is 5.82 Å². The lowest BCUT2D eigenvalue weighted by atomic mass is 9.97. The van der Waals surface area contributed by atoms with Crippen LogP contribution in [0, 0.1) is 5.92 Å². The summed E-state index contributed by atoms with van der Waals surface area (Å²) in [5.74, 6) is 1.28. The van der Waals surface area contributed by atoms with Crippen molar-refractivity contribution in [2.45, 2.75) is 12.8 Å². The Labute approximate surface area is 149 Å². The maximum Gasteiger partial charge on any atom is 0.229 e. The topological polar surface area (TPSA) is 107 Å². The number of carbonyl (C=O) groups excluding carboxylic acids is 1. The molecule has 10 nitrogen and oxygen atoms in total. The van der Waals surface area contributed by atoms with Crippen LogP contribution in [0.3, 0.4) is 0 Å². The Bertz CT molecular complexity index is 872. The molecule has 1 aliphatic heterocycles. The van der Waals surface area contributed by atoms with Crippen molar-refractivity contribution in [3.63, 3.8) is 0 Å². The van der Waals surface area contributed by atoms with E-state index in [4.69, 9.17) is 0 Å². The zero-order valence-electron chi connectivity index (χ0n) is 14.4. The minimum Gasteiger partial charge on any atom is -0.354 e. The third-order valence-corrected chi connectivity index (χ3v) is 4.38. The molecular formula is C16H19N9O. The molecule has 0 saturated carbocycles. The van der Waals surface area contributed by atoms with Crippen molar-refractivity contribution >= 4 is 17.4 Å². The SMILES string of the molecule is Cn1cc(NC(=O)C2CCCN(c3ccc(-n4cncn4)nn3)C2)cn1. The Morgan fingerprint density at radius 2 is 2.08 bits per heavy atom. The molecule has 1 aliphatic rings. The molecule has 4 rings (SSSR count). The highest BCUT2D eigenvalue weighted by Gasteiger charge is 2.27. The minimum absolute atomic E-state index is 0.00916. The number of nitrogens with one attached hydrogen (secondary N) is 1. The summed E-state index contributed by atoms with van der Waals surface area (Å²) in [6, 6.07) is 3.74. The first kappa shape index (κ1) is 16.2. The average molecular weight is 353 g/mol. The van der Waals surface area contributed by atoms with Crippen LogP contribution >= 0.6 is 0 Å². The molecule has 3 aromatic rings. The van der Waals surface area contributed by atoms with Crippen LogP contribution in [-0.4, -0.2) is 53.7 Å². The van der Waals surface area contributed by atoms with Gasteiger partial charge in [0.2, 0.25) is 5.91 Å². The fourth-order valence-corrected chi connectivity index (χ4v) is 3.06. The van der Waals surface area contributed by atoms with Gasteiger partial charge in [0, 0.05) is 26.3 Å². The standard InChI is InChI=1S/C16H19N9O/c1-23-9-13(7-18-23)20-16(26)12-3-2-6-24(8-12)14-4-5-15(22-21-14)25-11-17-10-19-25/h4-5,7,9-12H,2-3,6,8H2,1H3,(H,20,26). The van der Waals surface area contributed by atoms with Crippen molar-refractivity contribution in [3.05, 3.63) is 37.2 Å². The van der Waals surface area contributed by atoms with Gasteiger partial charge in [0.25, 0.3) is 0 Å². The van der Waals surface area contributed by atoms with Gasteiger partial charge in [0.05, 0.1) is 17.8 Å². The molecule has 0 radical (unpaired) electrons. The molecule has 0 bridgehead atoms. The van der Waals surface area contributed by atoms with Gasteiger partial charge in [-0.15, -0.1) is 10.2 Å². The Morgan fingerprint density at radius 1 is 1.23 bits per heavy atom. The van der Waals surface area contributed by atoms with Gasteiger partial charge in [-0.1, -0.05) is 0 Å². The normalized spacial score (nSPS) is 17.3. The van der Waals surface area contributed by atoms with Gasteiger partial charge in [-0.3, -0.25) is 9.48 Å². The Kier molecular flexibility index (Phi) is 4.30. The van der Waals surface area contributed by atoms with E-state index in [1.54, 1.807) is 28.1 Å². The number of aryl methyl sites for hydroxylation is 1. The molecule has 0 aliphatic carbocycles. The lowest BCUT2D eigenvalue weighted by Gasteiger charge is -2.32. The smallest absolute Gasteiger partial charge is 0.229 e. The monoisotopic (exact) mass is 353 g/mol. The number of hydrogen-bond acceptors (Lipinski definition) is 7. The Balaban J connectivity index is 1.42. The molecule has 1 N–H and O–H groups in total. The van der Waals surface area contributed by atoms with E-state index in [0.29, 0.717) is 18.1 Å². The van der Waals surface area contributed by atoms with Gasteiger partial charge in [0.15, 0.2) is 11.6 Å². The molecule has 1 fully saturated rings. The van der Waals surface area contributed by atoms with E-state index >= 15 is 0 Å². The molecular weight excluding hydrogens is 334 g/mol.